The van der Waals surface area contributed by atoms with E-state index in [1.54, 1.807) is 0 Å². The van der Waals surface area contributed by atoms with Gasteiger partial charge in [0, 0.05) is 0 Å². The fraction of sp³-hybridized carbons (Fsp3) is 0.500. The van der Waals surface area contributed by atoms with Crippen LogP contribution in [0, 0.1) is 6.92 Å². The summed E-state index contributed by atoms with van der Waals surface area (Å²) >= 11 is 0.518. The summed E-state index contributed by atoms with van der Waals surface area (Å²) in [6.45, 7) is 1.29. The number of hydrogen-bond acceptors (Lipinski definition) is 4. The lowest BCUT2D eigenvalue weighted by Gasteiger charge is -2.03. The van der Waals surface area contributed by atoms with E-state index in [2.05, 4.69) is 4.98 Å². The number of thiazole rings is 1. The average Bonchev–Trinajstić information content (AvgIpc) is 2.25. The zero-order valence-corrected chi connectivity index (χ0v) is 8.93. The van der Waals surface area contributed by atoms with E-state index in [1.807, 2.05) is 0 Å². The lowest BCUT2D eigenvalue weighted by atomic mass is 10.4. The Morgan fingerprint density at radius 2 is 1.93 bits per heavy atom. The number of halogens is 4. The fourth-order valence-corrected chi connectivity index (χ4v) is 2.80. The molecule has 0 unspecified atom stereocenters. The van der Waals surface area contributed by atoms with Crippen molar-refractivity contribution in [2.45, 2.75) is 18.9 Å². The molecule has 1 aromatic heterocycles. The summed E-state index contributed by atoms with van der Waals surface area (Å²) in [5, 5.41) is 0.0426. The van der Waals surface area contributed by atoms with E-state index >= 15 is 0 Å². The quantitative estimate of drug-likeness (QED) is 0.607. The van der Waals surface area contributed by atoms with Crippen molar-refractivity contribution in [3.05, 3.63) is 15.6 Å². The van der Waals surface area contributed by atoms with Gasteiger partial charge in [-0.25, -0.2) is 4.98 Å². The molecule has 1 rings (SSSR count). The molecule has 0 bridgehead atoms. The maximum absolute atomic E-state index is 12.3. The highest BCUT2D eigenvalue weighted by atomic mass is 32.3. The van der Waals surface area contributed by atoms with Crippen LogP contribution in [0.25, 0.3) is 0 Å². The zero-order chi connectivity index (χ0) is 11.9. The molecule has 0 aliphatic rings. The van der Waals surface area contributed by atoms with Gasteiger partial charge in [0.2, 0.25) is 0 Å². The topological polar surface area (TPSA) is 47.0 Å². The molecule has 0 saturated carbocycles. The second-order valence-electron chi connectivity index (χ2n) is 2.69. The van der Waals surface area contributed by atoms with Gasteiger partial charge in [0.15, 0.2) is 5.69 Å². The van der Waals surface area contributed by atoms with E-state index in [0.717, 1.165) is 0 Å². The lowest BCUT2D eigenvalue weighted by molar-refractivity contribution is -0.141. The van der Waals surface area contributed by atoms with Crippen LogP contribution in [0.4, 0.5) is 17.1 Å². The monoisotopic (exact) mass is 263 g/mol. The Bertz CT molecular complexity index is 462. The molecule has 0 fully saturated rings. The summed E-state index contributed by atoms with van der Waals surface area (Å²) in [6.07, 6.45) is -4.76. The van der Waals surface area contributed by atoms with Crippen molar-refractivity contribution in [1.82, 2.24) is 4.98 Å². The second-order valence-corrected chi connectivity index (χ2v) is 5.34. The van der Waals surface area contributed by atoms with Gasteiger partial charge in [0.25, 0.3) is 0 Å². The maximum atomic E-state index is 12.3. The normalized spacial score (nSPS) is 13.1. The largest absolute Gasteiger partial charge is 0.434 e. The van der Waals surface area contributed by atoms with Gasteiger partial charge in [0.05, 0.1) is 9.88 Å². The van der Waals surface area contributed by atoms with Crippen molar-refractivity contribution in [1.29, 1.82) is 0 Å². The smallest absolute Gasteiger partial charge is 0.237 e. The molecular weight excluding hydrogens is 258 g/mol. The number of hydrogen-bond donors (Lipinski definition) is 0. The van der Waals surface area contributed by atoms with E-state index in [9.17, 15) is 25.5 Å². The van der Waals surface area contributed by atoms with Gasteiger partial charge in [-0.2, -0.15) is 21.6 Å². The number of rotatable bonds is 2. The van der Waals surface area contributed by atoms with Crippen LogP contribution in [-0.2, 0) is 22.2 Å². The highest BCUT2D eigenvalue weighted by Crippen LogP contribution is 2.35. The molecule has 0 aliphatic heterocycles. The van der Waals surface area contributed by atoms with E-state index < -0.39 is 32.7 Å². The lowest BCUT2D eigenvalue weighted by Crippen LogP contribution is -2.10. The highest BCUT2D eigenvalue weighted by Gasteiger charge is 2.38. The molecule has 15 heavy (non-hydrogen) atoms. The van der Waals surface area contributed by atoms with Crippen LogP contribution in [0.2, 0.25) is 0 Å². The minimum atomic E-state index is -4.98. The fourth-order valence-electron chi connectivity index (χ4n) is 0.945. The molecule has 0 atom stereocenters. The van der Waals surface area contributed by atoms with Crippen molar-refractivity contribution in [3.63, 3.8) is 0 Å². The van der Waals surface area contributed by atoms with E-state index in [0.29, 0.717) is 11.3 Å². The maximum Gasteiger partial charge on any atom is 0.434 e. The van der Waals surface area contributed by atoms with Crippen molar-refractivity contribution >= 4 is 21.6 Å². The summed E-state index contributed by atoms with van der Waals surface area (Å²) in [7, 11) is -4.98. The van der Waals surface area contributed by atoms with Crippen LogP contribution in [0.3, 0.4) is 0 Å². The molecule has 0 radical (unpaired) electrons. The third-order valence-electron chi connectivity index (χ3n) is 1.38. The van der Waals surface area contributed by atoms with Gasteiger partial charge in [-0.05, 0) is 6.92 Å². The molecule has 1 aromatic rings. The molecule has 0 aromatic carbocycles. The van der Waals surface area contributed by atoms with Crippen molar-refractivity contribution in [3.8, 4) is 0 Å². The third kappa shape index (κ3) is 3.42. The number of aryl methyl sites for hydroxylation is 1. The number of aromatic nitrogens is 1. The van der Waals surface area contributed by atoms with Crippen LogP contribution < -0.4 is 0 Å². The molecule has 9 heteroatoms. The molecule has 0 saturated heterocycles. The first-order chi connectivity index (χ1) is 6.59. The Morgan fingerprint density at radius 1 is 1.40 bits per heavy atom. The van der Waals surface area contributed by atoms with Gasteiger partial charge < -0.3 is 0 Å². The molecule has 1 heterocycles. The van der Waals surface area contributed by atoms with Gasteiger partial charge in [-0.15, -0.1) is 15.2 Å². The van der Waals surface area contributed by atoms with Crippen LogP contribution in [0.5, 0.6) is 0 Å². The molecule has 0 amide bonds. The van der Waals surface area contributed by atoms with Crippen molar-refractivity contribution in [2.75, 3.05) is 0 Å². The Balaban J connectivity index is 3.19. The first kappa shape index (κ1) is 12.4. The van der Waals surface area contributed by atoms with Crippen LogP contribution >= 0.6 is 11.3 Å². The summed E-state index contributed by atoms with van der Waals surface area (Å²) in [4.78, 5) is 2.51. The van der Waals surface area contributed by atoms with Crippen molar-refractivity contribution < 1.29 is 25.5 Å². The van der Waals surface area contributed by atoms with Gasteiger partial charge >= 0.3 is 16.4 Å². The second kappa shape index (κ2) is 3.71. The SMILES string of the molecule is Cc1nc(C(F)(F)F)c(CS(=O)(=O)F)s1. The first-order valence-corrected chi connectivity index (χ1v) is 5.92. The Hall–Kier alpha value is -0.700. The Morgan fingerprint density at radius 3 is 2.33 bits per heavy atom. The van der Waals surface area contributed by atoms with Crippen molar-refractivity contribution in [2.24, 2.45) is 0 Å². The molecule has 86 valence electrons. The highest BCUT2D eigenvalue weighted by molar-refractivity contribution is 7.85. The summed E-state index contributed by atoms with van der Waals surface area (Å²) in [5.74, 6) is -1.28. The van der Waals surface area contributed by atoms with E-state index in [-0.39, 0.29) is 5.01 Å². The minimum Gasteiger partial charge on any atom is -0.237 e. The third-order valence-corrected chi connectivity index (χ3v) is 3.16. The van der Waals surface area contributed by atoms with Crippen LogP contribution in [0.15, 0.2) is 0 Å². The molecule has 0 spiro atoms. The number of alkyl halides is 3. The first-order valence-electron chi connectivity index (χ1n) is 3.55. The van der Waals surface area contributed by atoms with E-state index in [1.165, 1.54) is 6.92 Å². The Kier molecular flexibility index (Phi) is 3.06. The average molecular weight is 263 g/mol. The van der Waals surface area contributed by atoms with Gasteiger partial charge in [0.1, 0.15) is 5.75 Å². The summed E-state index contributed by atoms with van der Waals surface area (Å²) in [6, 6.07) is 0. The predicted octanol–water partition coefficient (Wildman–Crippen LogP) is 2.27. The van der Waals surface area contributed by atoms with E-state index in [4.69, 9.17) is 0 Å². The standard InChI is InChI=1S/C6H5F4NO2S2/c1-3-11-5(6(7,8)9)4(14-3)2-15(10,12)13/h2H2,1H3. The zero-order valence-electron chi connectivity index (χ0n) is 7.30. The van der Waals surface area contributed by atoms with Gasteiger partial charge in [-0.3, -0.25) is 0 Å². The van der Waals surface area contributed by atoms with Crippen LogP contribution in [0.1, 0.15) is 15.6 Å². The molecular formula is C6H5F4NO2S2. The predicted molar refractivity (Wildman–Crippen MR) is 45.6 cm³/mol. The molecule has 0 aliphatic carbocycles. The molecule has 0 N–H and O–H groups in total. The summed E-state index contributed by atoms with van der Waals surface area (Å²) in [5.41, 5.74) is -1.33. The van der Waals surface area contributed by atoms with Gasteiger partial charge in [-0.1, -0.05) is 0 Å². The minimum absolute atomic E-state index is 0.0426. The molecule has 3 nitrogen and oxygen atoms in total. The number of nitrogens with zero attached hydrogens (tertiary/aromatic N) is 1. The van der Waals surface area contributed by atoms with Crippen LogP contribution in [-0.4, -0.2) is 13.4 Å². The Labute approximate surface area is 87.0 Å². The summed E-state index contributed by atoms with van der Waals surface area (Å²) < 4.78 is 69.5.